The molecule has 8 nitrogen and oxygen atoms in total. The highest BCUT2D eigenvalue weighted by molar-refractivity contribution is 7.89. The van der Waals surface area contributed by atoms with E-state index >= 15 is 0 Å². The molecule has 2 aliphatic rings. The molecule has 2 fully saturated rings. The first kappa shape index (κ1) is 22.6. The normalized spacial score (nSPS) is 20.4. The van der Waals surface area contributed by atoms with Crippen LogP contribution in [0.2, 0.25) is 0 Å². The minimum absolute atomic E-state index is 0.0704. The number of nitrogens with one attached hydrogen (secondary N) is 1. The maximum atomic E-state index is 13.3. The summed E-state index contributed by atoms with van der Waals surface area (Å²) in [5, 5.41) is 0. The summed E-state index contributed by atoms with van der Waals surface area (Å²) in [5.74, 6) is -0.311. The molecule has 1 aromatic heterocycles. The van der Waals surface area contributed by atoms with Gasteiger partial charge in [-0.2, -0.15) is 13.5 Å². The molecule has 1 atom stereocenters. The van der Waals surface area contributed by atoms with Crippen molar-refractivity contribution in [1.82, 2.24) is 23.3 Å². The SMILES string of the molecule is CC(C)C(NS(=O)(=O)c1cccc2nsnc12)C(=O)N1CCC(N2CCCCC2)CC1. The fraction of sp³-hybridized carbons (Fsp3) is 0.667. The monoisotopic (exact) mass is 465 g/mol. The molecule has 170 valence electrons. The number of aromatic nitrogens is 2. The number of sulfonamides is 1. The quantitative estimate of drug-likeness (QED) is 0.704. The predicted octanol–water partition coefficient (Wildman–Crippen LogP) is 2.47. The first-order valence-corrected chi connectivity index (χ1v) is 13.3. The average Bonchev–Trinajstić information content (AvgIpc) is 3.26. The van der Waals surface area contributed by atoms with Crippen LogP contribution in [0.25, 0.3) is 11.0 Å². The van der Waals surface area contributed by atoms with Crippen LogP contribution in [0.3, 0.4) is 0 Å². The van der Waals surface area contributed by atoms with Gasteiger partial charge in [0.2, 0.25) is 15.9 Å². The third kappa shape index (κ3) is 4.92. The van der Waals surface area contributed by atoms with E-state index in [1.807, 2.05) is 18.7 Å². The number of rotatable bonds is 6. The van der Waals surface area contributed by atoms with Gasteiger partial charge < -0.3 is 9.80 Å². The highest BCUT2D eigenvalue weighted by Crippen LogP contribution is 2.24. The summed E-state index contributed by atoms with van der Waals surface area (Å²) >= 11 is 0.978. The molecule has 0 aliphatic carbocycles. The van der Waals surface area contributed by atoms with E-state index in [1.165, 1.54) is 25.3 Å². The highest BCUT2D eigenvalue weighted by atomic mass is 32.2. The molecule has 4 rings (SSSR count). The number of likely N-dealkylation sites (tertiary alicyclic amines) is 2. The minimum atomic E-state index is -3.91. The van der Waals surface area contributed by atoms with E-state index in [0.717, 1.165) is 37.7 Å². The molecule has 0 saturated carbocycles. The van der Waals surface area contributed by atoms with E-state index in [1.54, 1.807) is 12.1 Å². The van der Waals surface area contributed by atoms with Gasteiger partial charge in [0, 0.05) is 19.1 Å². The second-order valence-corrected chi connectivity index (χ2v) is 11.1. The highest BCUT2D eigenvalue weighted by Gasteiger charge is 2.35. The minimum Gasteiger partial charge on any atom is -0.341 e. The first-order valence-electron chi connectivity index (χ1n) is 11.1. The van der Waals surface area contributed by atoms with Crippen molar-refractivity contribution in [3.05, 3.63) is 18.2 Å². The van der Waals surface area contributed by atoms with Crippen molar-refractivity contribution in [3.63, 3.8) is 0 Å². The van der Waals surface area contributed by atoms with Crippen molar-refractivity contribution in [2.45, 2.75) is 62.9 Å². The zero-order chi connectivity index (χ0) is 22.0. The van der Waals surface area contributed by atoms with Gasteiger partial charge in [0.05, 0.1) is 11.7 Å². The number of carbonyl (C=O) groups is 1. The first-order chi connectivity index (χ1) is 14.9. The third-order valence-electron chi connectivity index (χ3n) is 6.44. The predicted molar refractivity (Wildman–Crippen MR) is 121 cm³/mol. The van der Waals surface area contributed by atoms with Crippen LogP contribution < -0.4 is 4.72 Å². The summed E-state index contributed by atoms with van der Waals surface area (Å²) in [6.45, 7) is 7.41. The second-order valence-electron chi connectivity index (χ2n) is 8.88. The summed E-state index contributed by atoms with van der Waals surface area (Å²) in [6, 6.07) is 4.62. The molecule has 1 N–H and O–H groups in total. The molecule has 2 aliphatic heterocycles. The molecule has 2 aromatic rings. The molecule has 1 amide bonds. The molecule has 0 bridgehead atoms. The maximum Gasteiger partial charge on any atom is 0.243 e. The average molecular weight is 466 g/mol. The Labute approximate surface area is 188 Å². The van der Waals surface area contributed by atoms with Crippen molar-refractivity contribution in [2.75, 3.05) is 26.2 Å². The Balaban J connectivity index is 1.45. The fourth-order valence-electron chi connectivity index (χ4n) is 4.63. The molecule has 31 heavy (non-hydrogen) atoms. The van der Waals surface area contributed by atoms with Crippen LogP contribution in [-0.4, -0.2) is 71.1 Å². The Morgan fingerprint density at radius 3 is 2.48 bits per heavy atom. The number of amides is 1. The van der Waals surface area contributed by atoms with E-state index in [9.17, 15) is 13.2 Å². The van der Waals surface area contributed by atoms with Gasteiger partial charge in [0.25, 0.3) is 0 Å². The van der Waals surface area contributed by atoms with Crippen LogP contribution in [-0.2, 0) is 14.8 Å². The van der Waals surface area contributed by atoms with E-state index in [4.69, 9.17) is 0 Å². The fourth-order valence-corrected chi connectivity index (χ4v) is 6.74. The molecular formula is C21H31N5O3S2. The number of carbonyl (C=O) groups excluding carboxylic acids is 1. The number of hydrogen-bond donors (Lipinski definition) is 1. The van der Waals surface area contributed by atoms with Crippen molar-refractivity contribution in [3.8, 4) is 0 Å². The lowest BCUT2D eigenvalue weighted by Gasteiger charge is -2.41. The standard InChI is InChI=1S/C21H31N5O3S2/c1-15(2)19(24-31(28,29)18-8-6-7-17-20(18)23-30-22-17)21(27)26-13-9-16(10-14-26)25-11-4-3-5-12-25/h6-8,15-16,19,24H,3-5,9-14H2,1-2H3. The van der Waals surface area contributed by atoms with Crippen LogP contribution in [0.5, 0.6) is 0 Å². The molecule has 0 radical (unpaired) electrons. The van der Waals surface area contributed by atoms with Gasteiger partial charge in [-0.1, -0.05) is 26.3 Å². The van der Waals surface area contributed by atoms with Crippen LogP contribution in [0.1, 0.15) is 46.0 Å². The number of benzene rings is 1. The molecule has 10 heteroatoms. The molecular weight excluding hydrogens is 434 g/mol. The van der Waals surface area contributed by atoms with Gasteiger partial charge in [0.15, 0.2) is 0 Å². The lowest BCUT2D eigenvalue weighted by atomic mass is 9.98. The van der Waals surface area contributed by atoms with E-state index < -0.39 is 16.1 Å². The zero-order valence-electron chi connectivity index (χ0n) is 18.2. The molecule has 3 heterocycles. The van der Waals surface area contributed by atoms with Gasteiger partial charge in [0.1, 0.15) is 22.0 Å². The van der Waals surface area contributed by atoms with Crippen LogP contribution in [0.15, 0.2) is 23.1 Å². The Bertz CT molecular complexity index is 1010. The largest absolute Gasteiger partial charge is 0.341 e. The Kier molecular flexibility index (Phi) is 6.90. The van der Waals surface area contributed by atoms with Crippen molar-refractivity contribution < 1.29 is 13.2 Å². The van der Waals surface area contributed by atoms with Crippen LogP contribution in [0.4, 0.5) is 0 Å². The van der Waals surface area contributed by atoms with Crippen molar-refractivity contribution in [1.29, 1.82) is 0 Å². The summed E-state index contributed by atoms with van der Waals surface area (Å²) in [4.78, 5) is 17.8. The molecule has 1 aromatic carbocycles. The number of fused-ring (bicyclic) bond motifs is 1. The van der Waals surface area contributed by atoms with Crippen molar-refractivity contribution >= 4 is 38.7 Å². The molecule has 0 spiro atoms. The van der Waals surface area contributed by atoms with Gasteiger partial charge >= 0.3 is 0 Å². The Hall–Kier alpha value is -1.62. The summed E-state index contributed by atoms with van der Waals surface area (Å²) in [6.07, 6.45) is 5.74. The zero-order valence-corrected chi connectivity index (χ0v) is 19.8. The summed E-state index contributed by atoms with van der Waals surface area (Å²) in [7, 11) is -3.91. The topological polar surface area (TPSA) is 95.5 Å². The van der Waals surface area contributed by atoms with E-state index in [2.05, 4.69) is 18.4 Å². The van der Waals surface area contributed by atoms with Crippen LogP contribution >= 0.6 is 11.7 Å². The van der Waals surface area contributed by atoms with Gasteiger partial charge in [-0.05, 0) is 56.8 Å². The summed E-state index contributed by atoms with van der Waals surface area (Å²) in [5.41, 5.74) is 0.886. The van der Waals surface area contributed by atoms with E-state index in [-0.39, 0.29) is 16.7 Å². The van der Waals surface area contributed by atoms with Crippen LogP contribution in [0, 0.1) is 5.92 Å². The maximum absolute atomic E-state index is 13.3. The lowest BCUT2D eigenvalue weighted by molar-refractivity contribution is -0.135. The van der Waals surface area contributed by atoms with Crippen molar-refractivity contribution in [2.24, 2.45) is 5.92 Å². The number of hydrogen-bond acceptors (Lipinski definition) is 7. The lowest BCUT2D eigenvalue weighted by Crippen LogP contribution is -2.55. The Morgan fingerprint density at radius 1 is 1.10 bits per heavy atom. The number of piperidine rings is 2. The molecule has 2 saturated heterocycles. The Morgan fingerprint density at radius 2 is 1.81 bits per heavy atom. The second kappa shape index (κ2) is 9.48. The molecule has 1 unspecified atom stereocenters. The van der Waals surface area contributed by atoms with Gasteiger partial charge in [-0.25, -0.2) is 8.42 Å². The third-order valence-corrected chi connectivity index (χ3v) is 8.45. The van der Waals surface area contributed by atoms with E-state index in [0.29, 0.717) is 30.2 Å². The van der Waals surface area contributed by atoms with Gasteiger partial charge in [-0.3, -0.25) is 4.79 Å². The number of nitrogens with zero attached hydrogens (tertiary/aromatic N) is 4. The van der Waals surface area contributed by atoms with Gasteiger partial charge in [-0.15, -0.1) is 0 Å². The smallest absolute Gasteiger partial charge is 0.243 e. The summed E-state index contributed by atoms with van der Waals surface area (Å²) < 4.78 is 37.2.